The monoisotopic (exact) mass is 295 g/mol. The molecule has 0 aromatic carbocycles. The SMILES string of the molecule is Cc1cc(C2C(C(=O)O)CCC(=O)N2C(C)C)c(C)s1. The van der Waals surface area contributed by atoms with Gasteiger partial charge in [0, 0.05) is 22.2 Å². The zero-order valence-corrected chi connectivity index (χ0v) is 13.2. The van der Waals surface area contributed by atoms with Crippen molar-refractivity contribution in [3.63, 3.8) is 0 Å². The molecule has 1 fully saturated rings. The van der Waals surface area contributed by atoms with Crippen molar-refractivity contribution in [1.82, 2.24) is 4.90 Å². The first-order chi connectivity index (χ1) is 9.32. The summed E-state index contributed by atoms with van der Waals surface area (Å²) in [5, 5.41) is 9.52. The summed E-state index contributed by atoms with van der Waals surface area (Å²) in [6, 6.07) is 1.71. The minimum atomic E-state index is -0.809. The first kappa shape index (κ1) is 15.0. The van der Waals surface area contributed by atoms with Crippen LogP contribution >= 0.6 is 11.3 Å². The van der Waals surface area contributed by atoms with Crippen molar-refractivity contribution >= 4 is 23.2 Å². The van der Waals surface area contributed by atoms with Crippen LogP contribution in [0.3, 0.4) is 0 Å². The topological polar surface area (TPSA) is 57.6 Å². The number of carboxylic acids is 1. The fraction of sp³-hybridized carbons (Fsp3) is 0.600. The van der Waals surface area contributed by atoms with Crippen LogP contribution in [0.1, 0.15) is 48.0 Å². The number of carbonyl (C=O) groups is 2. The first-order valence-electron chi connectivity index (χ1n) is 6.93. The Balaban J connectivity index is 2.51. The van der Waals surface area contributed by atoms with E-state index in [1.165, 1.54) is 0 Å². The fourth-order valence-electron chi connectivity index (χ4n) is 3.09. The van der Waals surface area contributed by atoms with E-state index in [0.717, 1.165) is 15.3 Å². The van der Waals surface area contributed by atoms with E-state index >= 15 is 0 Å². The van der Waals surface area contributed by atoms with Gasteiger partial charge in [0.05, 0.1) is 12.0 Å². The fourth-order valence-corrected chi connectivity index (χ4v) is 4.06. The van der Waals surface area contributed by atoms with E-state index < -0.39 is 11.9 Å². The van der Waals surface area contributed by atoms with Crippen molar-refractivity contribution in [2.24, 2.45) is 5.92 Å². The van der Waals surface area contributed by atoms with Crippen LogP contribution in [-0.4, -0.2) is 27.9 Å². The molecule has 0 bridgehead atoms. The van der Waals surface area contributed by atoms with Crippen molar-refractivity contribution in [3.05, 3.63) is 21.4 Å². The van der Waals surface area contributed by atoms with Crippen LogP contribution in [0.15, 0.2) is 6.07 Å². The minimum Gasteiger partial charge on any atom is -0.481 e. The molecule has 2 rings (SSSR count). The summed E-state index contributed by atoms with van der Waals surface area (Å²) in [6.45, 7) is 7.91. The summed E-state index contributed by atoms with van der Waals surface area (Å²) >= 11 is 1.66. The largest absolute Gasteiger partial charge is 0.481 e. The summed E-state index contributed by atoms with van der Waals surface area (Å²) < 4.78 is 0. The van der Waals surface area contributed by atoms with Gasteiger partial charge in [0.25, 0.3) is 0 Å². The number of hydrogen-bond acceptors (Lipinski definition) is 3. The number of aliphatic carboxylic acids is 1. The maximum Gasteiger partial charge on any atom is 0.308 e. The molecule has 2 heterocycles. The molecule has 2 atom stereocenters. The third kappa shape index (κ3) is 2.59. The Labute approximate surface area is 123 Å². The molecule has 5 heteroatoms. The molecule has 1 saturated heterocycles. The zero-order chi connectivity index (χ0) is 15.0. The normalized spacial score (nSPS) is 23.4. The Hall–Kier alpha value is -1.36. The smallest absolute Gasteiger partial charge is 0.308 e. The lowest BCUT2D eigenvalue weighted by molar-refractivity contribution is -0.153. The van der Waals surface area contributed by atoms with E-state index in [2.05, 4.69) is 0 Å². The van der Waals surface area contributed by atoms with Crippen LogP contribution in [0.4, 0.5) is 0 Å². The van der Waals surface area contributed by atoms with Gasteiger partial charge in [-0.1, -0.05) is 0 Å². The molecule has 1 aliphatic rings. The highest BCUT2D eigenvalue weighted by Gasteiger charge is 2.42. The van der Waals surface area contributed by atoms with Crippen LogP contribution in [-0.2, 0) is 9.59 Å². The number of amides is 1. The van der Waals surface area contributed by atoms with Gasteiger partial charge in [-0.2, -0.15) is 0 Å². The molecule has 0 aliphatic carbocycles. The van der Waals surface area contributed by atoms with E-state index in [1.54, 1.807) is 16.2 Å². The van der Waals surface area contributed by atoms with Gasteiger partial charge in [0.1, 0.15) is 0 Å². The van der Waals surface area contributed by atoms with E-state index in [-0.39, 0.29) is 18.0 Å². The lowest BCUT2D eigenvalue weighted by atomic mass is 9.83. The van der Waals surface area contributed by atoms with Gasteiger partial charge in [0.15, 0.2) is 0 Å². The molecule has 0 radical (unpaired) electrons. The second-order valence-corrected chi connectivity index (χ2v) is 7.15. The number of thiophene rings is 1. The Morgan fingerprint density at radius 1 is 1.45 bits per heavy atom. The van der Waals surface area contributed by atoms with Gasteiger partial charge in [-0.3, -0.25) is 9.59 Å². The molecule has 1 aromatic rings. The molecule has 1 aromatic heterocycles. The van der Waals surface area contributed by atoms with Gasteiger partial charge in [-0.15, -0.1) is 11.3 Å². The molecule has 110 valence electrons. The molecule has 2 unspecified atom stereocenters. The van der Waals surface area contributed by atoms with Crippen LogP contribution < -0.4 is 0 Å². The molecule has 1 N–H and O–H groups in total. The molecule has 0 saturated carbocycles. The van der Waals surface area contributed by atoms with Crippen molar-refractivity contribution in [2.45, 2.75) is 52.6 Å². The maximum absolute atomic E-state index is 12.2. The molecular weight excluding hydrogens is 274 g/mol. The lowest BCUT2D eigenvalue weighted by Gasteiger charge is -2.42. The average molecular weight is 295 g/mol. The zero-order valence-electron chi connectivity index (χ0n) is 12.3. The van der Waals surface area contributed by atoms with Crippen molar-refractivity contribution in [3.8, 4) is 0 Å². The van der Waals surface area contributed by atoms with Crippen molar-refractivity contribution in [2.75, 3.05) is 0 Å². The predicted molar refractivity (Wildman–Crippen MR) is 78.9 cm³/mol. The van der Waals surface area contributed by atoms with Crippen molar-refractivity contribution < 1.29 is 14.7 Å². The van der Waals surface area contributed by atoms with E-state index in [4.69, 9.17) is 0 Å². The van der Waals surface area contributed by atoms with Crippen molar-refractivity contribution in [1.29, 1.82) is 0 Å². The van der Waals surface area contributed by atoms with E-state index in [0.29, 0.717) is 12.8 Å². The van der Waals surface area contributed by atoms with Gasteiger partial charge in [0.2, 0.25) is 5.91 Å². The Morgan fingerprint density at radius 3 is 2.55 bits per heavy atom. The van der Waals surface area contributed by atoms with Gasteiger partial charge in [-0.25, -0.2) is 0 Å². The Bertz CT molecular complexity index is 535. The predicted octanol–water partition coefficient (Wildman–Crippen LogP) is 3.14. The van der Waals surface area contributed by atoms with E-state index in [1.807, 2.05) is 33.8 Å². The molecule has 20 heavy (non-hydrogen) atoms. The summed E-state index contributed by atoms with van der Waals surface area (Å²) in [5.41, 5.74) is 1.00. The molecular formula is C15H21NO3S. The Kier molecular flexibility index (Phi) is 4.18. The van der Waals surface area contributed by atoms with Gasteiger partial charge < -0.3 is 10.0 Å². The number of piperidine rings is 1. The number of hydrogen-bond donors (Lipinski definition) is 1. The molecule has 4 nitrogen and oxygen atoms in total. The number of nitrogens with zero attached hydrogens (tertiary/aromatic N) is 1. The average Bonchev–Trinajstić information content (AvgIpc) is 2.66. The van der Waals surface area contributed by atoms with Gasteiger partial charge in [-0.05, 0) is 45.7 Å². The summed E-state index contributed by atoms with van der Waals surface area (Å²) in [4.78, 5) is 27.9. The molecule has 0 spiro atoms. The molecule has 1 amide bonds. The van der Waals surface area contributed by atoms with Crippen LogP contribution in [0.2, 0.25) is 0 Å². The maximum atomic E-state index is 12.2. The summed E-state index contributed by atoms with van der Waals surface area (Å²) in [7, 11) is 0. The Morgan fingerprint density at radius 2 is 2.10 bits per heavy atom. The highest BCUT2D eigenvalue weighted by molar-refractivity contribution is 7.12. The van der Waals surface area contributed by atoms with Crippen LogP contribution in [0, 0.1) is 19.8 Å². The number of carboxylic acid groups (broad SMARTS) is 1. The molecule has 1 aliphatic heterocycles. The highest BCUT2D eigenvalue weighted by Crippen LogP contribution is 2.41. The first-order valence-corrected chi connectivity index (χ1v) is 7.75. The van der Waals surface area contributed by atoms with Crippen LogP contribution in [0.5, 0.6) is 0 Å². The minimum absolute atomic E-state index is 0.00857. The second kappa shape index (κ2) is 5.56. The number of aryl methyl sites for hydroxylation is 2. The number of rotatable bonds is 3. The number of carbonyl (C=O) groups excluding carboxylic acids is 1. The second-order valence-electron chi connectivity index (χ2n) is 5.69. The lowest BCUT2D eigenvalue weighted by Crippen LogP contribution is -2.48. The summed E-state index contributed by atoms with van der Waals surface area (Å²) in [6.07, 6.45) is 0.754. The highest BCUT2D eigenvalue weighted by atomic mass is 32.1. The number of likely N-dealkylation sites (tertiary alicyclic amines) is 1. The van der Waals surface area contributed by atoms with E-state index in [9.17, 15) is 14.7 Å². The van der Waals surface area contributed by atoms with Crippen LogP contribution in [0.25, 0.3) is 0 Å². The third-order valence-corrected chi connectivity index (χ3v) is 4.89. The third-order valence-electron chi connectivity index (χ3n) is 3.91. The standard InChI is InChI=1S/C15H21NO3S/c1-8(2)16-13(17)6-5-11(15(18)19)14(16)12-7-9(3)20-10(12)4/h7-8,11,14H,5-6H2,1-4H3,(H,18,19). The van der Waals surface area contributed by atoms with Gasteiger partial charge >= 0.3 is 5.97 Å². The quantitative estimate of drug-likeness (QED) is 0.932. The summed E-state index contributed by atoms with van der Waals surface area (Å²) in [5.74, 6) is -1.26.